The van der Waals surface area contributed by atoms with Crippen LogP contribution in [0.2, 0.25) is 0 Å². The van der Waals surface area contributed by atoms with E-state index in [0.717, 1.165) is 12.2 Å². The Morgan fingerprint density at radius 1 is 1.44 bits per heavy atom. The zero-order chi connectivity index (χ0) is 13.9. The molecule has 0 radical (unpaired) electrons. The summed E-state index contributed by atoms with van der Waals surface area (Å²) in [7, 11) is 0. The van der Waals surface area contributed by atoms with Gasteiger partial charge in [0.2, 0.25) is 0 Å². The van der Waals surface area contributed by atoms with Gasteiger partial charge in [-0.3, -0.25) is 0 Å². The summed E-state index contributed by atoms with van der Waals surface area (Å²) in [6.07, 6.45) is -3.05. The molecule has 0 aliphatic rings. The molecule has 0 saturated carbocycles. The molecular weight excluding hydrogens is 319 g/mol. The van der Waals surface area contributed by atoms with Gasteiger partial charge in [-0.1, -0.05) is 6.07 Å². The summed E-state index contributed by atoms with van der Waals surface area (Å²) < 4.78 is 40.2. The van der Waals surface area contributed by atoms with E-state index in [1.807, 2.05) is 0 Å². The second-order valence-corrected chi connectivity index (χ2v) is 3.95. The van der Waals surface area contributed by atoms with Gasteiger partial charge in [-0.15, -0.1) is 13.2 Å². The van der Waals surface area contributed by atoms with Crippen molar-refractivity contribution in [3.8, 4) is 5.75 Å². The maximum absolute atomic E-state index is 12.1. The molecule has 0 saturated heterocycles. The average molecular weight is 326 g/mol. The van der Waals surface area contributed by atoms with Gasteiger partial charge in [0, 0.05) is 11.6 Å². The topological polar surface area (TPSA) is 72.6 Å². The van der Waals surface area contributed by atoms with E-state index in [1.165, 1.54) is 12.1 Å². The standard InChI is InChI=1S/C10H7BrF3NO3/c11-6-3-1-5(2-4-7(16)17)8(15)9(6)18-10(12,13)14/h1-4H,15H2,(H,16,17)/b4-2+. The Kier molecular flexibility index (Phi) is 4.23. The van der Waals surface area contributed by atoms with E-state index in [2.05, 4.69) is 20.7 Å². The molecule has 0 bridgehead atoms. The van der Waals surface area contributed by atoms with Crippen LogP contribution >= 0.6 is 15.9 Å². The molecular formula is C10H7BrF3NO3. The molecule has 0 amide bonds. The van der Waals surface area contributed by atoms with Gasteiger partial charge in [0.1, 0.15) is 0 Å². The Balaban J connectivity index is 3.18. The second-order valence-electron chi connectivity index (χ2n) is 3.10. The third-order valence-electron chi connectivity index (χ3n) is 1.81. The van der Waals surface area contributed by atoms with Crippen molar-refractivity contribution in [1.82, 2.24) is 0 Å². The molecule has 0 fully saturated rings. The van der Waals surface area contributed by atoms with Crippen molar-refractivity contribution >= 4 is 33.7 Å². The number of alkyl halides is 3. The minimum absolute atomic E-state index is 0.0183. The SMILES string of the molecule is Nc1c(/C=C/C(=O)O)ccc(Br)c1OC(F)(F)F. The van der Waals surface area contributed by atoms with E-state index < -0.39 is 18.1 Å². The van der Waals surface area contributed by atoms with Gasteiger partial charge < -0.3 is 15.6 Å². The van der Waals surface area contributed by atoms with Crippen molar-refractivity contribution in [3.63, 3.8) is 0 Å². The van der Waals surface area contributed by atoms with Crippen LogP contribution in [-0.4, -0.2) is 17.4 Å². The van der Waals surface area contributed by atoms with Crippen LogP contribution in [-0.2, 0) is 4.79 Å². The van der Waals surface area contributed by atoms with Crippen LogP contribution in [0.15, 0.2) is 22.7 Å². The first-order chi connectivity index (χ1) is 8.20. The van der Waals surface area contributed by atoms with Crippen molar-refractivity contribution < 1.29 is 27.8 Å². The Hall–Kier alpha value is -1.70. The number of carboxylic acids is 1. The lowest BCUT2D eigenvalue weighted by atomic mass is 10.1. The number of hydrogen-bond donors (Lipinski definition) is 2. The number of benzene rings is 1. The number of aliphatic carboxylic acids is 1. The normalized spacial score (nSPS) is 11.8. The van der Waals surface area contributed by atoms with Crippen LogP contribution in [0, 0.1) is 0 Å². The Morgan fingerprint density at radius 2 is 2.06 bits per heavy atom. The molecule has 4 nitrogen and oxygen atoms in total. The summed E-state index contributed by atoms with van der Waals surface area (Å²) in [5, 5.41) is 8.43. The fraction of sp³-hybridized carbons (Fsp3) is 0.100. The fourth-order valence-corrected chi connectivity index (χ4v) is 1.54. The lowest BCUT2D eigenvalue weighted by Gasteiger charge is -2.14. The zero-order valence-corrected chi connectivity index (χ0v) is 10.2. The number of carbonyl (C=O) groups is 1. The Morgan fingerprint density at radius 3 is 2.56 bits per heavy atom. The summed E-state index contributed by atoms with van der Waals surface area (Å²) in [6.45, 7) is 0. The van der Waals surface area contributed by atoms with E-state index in [0.29, 0.717) is 0 Å². The second kappa shape index (κ2) is 5.30. The summed E-state index contributed by atoms with van der Waals surface area (Å²) in [4.78, 5) is 10.3. The van der Waals surface area contributed by atoms with Crippen molar-refractivity contribution in [1.29, 1.82) is 0 Å². The van der Waals surface area contributed by atoms with Gasteiger partial charge in [0.05, 0.1) is 10.2 Å². The molecule has 0 heterocycles. The Labute approximate surface area is 108 Å². The minimum atomic E-state index is -4.88. The van der Waals surface area contributed by atoms with Gasteiger partial charge in [-0.05, 0) is 28.1 Å². The quantitative estimate of drug-likeness (QED) is 0.661. The van der Waals surface area contributed by atoms with E-state index in [-0.39, 0.29) is 15.7 Å². The van der Waals surface area contributed by atoms with E-state index in [4.69, 9.17) is 10.8 Å². The molecule has 98 valence electrons. The fourth-order valence-electron chi connectivity index (χ4n) is 1.11. The molecule has 0 aromatic heterocycles. The smallest absolute Gasteiger partial charge is 0.478 e. The maximum atomic E-state index is 12.1. The van der Waals surface area contributed by atoms with Crippen molar-refractivity contribution in [3.05, 3.63) is 28.2 Å². The largest absolute Gasteiger partial charge is 0.573 e. The van der Waals surface area contributed by atoms with Gasteiger partial charge >= 0.3 is 12.3 Å². The van der Waals surface area contributed by atoms with Crippen LogP contribution in [0.25, 0.3) is 6.08 Å². The number of nitrogens with two attached hydrogens (primary N) is 1. The highest BCUT2D eigenvalue weighted by Crippen LogP contribution is 2.38. The van der Waals surface area contributed by atoms with Crippen LogP contribution in [0.5, 0.6) is 5.75 Å². The number of ether oxygens (including phenoxy) is 1. The van der Waals surface area contributed by atoms with Crippen LogP contribution in [0.3, 0.4) is 0 Å². The number of anilines is 1. The molecule has 1 rings (SSSR count). The molecule has 1 aromatic carbocycles. The highest BCUT2D eigenvalue weighted by atomic mass is 79.9. The van der Waals surface area contributed by atoms with Gasteiger partial charge in [0.25, 0.3) is 0 Å². The molecule has 8 heteroatoms. The third-order valence-corrected chi connectivity index (χ3v) is 2.43. The molecule has 0 aliphatic heterocycles. The first-order valence-corrected chi connectivity index (χ1v) is 5.24. The number of rotatable bonds is 3. The average Bonchev–Trinajstić information content (AvgIpc) is 2.21. The highest BCUT2D eigenvalue weighted by molar-refractivity contribution is 9.10. The minimum Gasteiger partial charge on any atom is -0.478 e. The van der Waals surface area contributed by atoms with Crippen LogP contribution < -0.4 is 10.5 Å². The lowest BCUT2D eigenvalue weighted by molar-refractivity contribution is -0.274. The third kappa shape index (κ3) is 3.95. The summed E-state index contributed by atoms with van der Waals surface area (Å²) >= 11 is 2.87. The predicted octanol–water partition coefficient (Wildman–Crippen LogP) is 3.03. The zero-order valence-electron chi connectivity index (χ0n) is 8.66. The van der Waals surface area contributed by atoms with Gasteiger partial charge in [-0.2, -0.15) is 0 Å². The van der Waals surface area contributed by atoms with Gasteiger partial charge in [0.15, 0.2) is 5.75 Å². The van der Waals surface area contributed by atoms with Crippen LogP contribution in [0.1, 0.15) is 5.56 Å². The van der Waals surface area contributed by atoms with Crippen molar-refractivity contribution in [2.45, 2.75) is 6.36 Å². The lowest BCUT2D eigenvalue weighted by Crippen LogP contribution is -2.18. The van der Waals surface area contributed by atoms with Crippen molar-refractivity contribution in [2.24, 2.45) is 0 Å². The first kappa shape index (κ1) is 14.4. The molecule has 1 aromatic rings. The number of nitrogen functional groups attached to an aromatic ring is 1. The summed E-state index contributed by atoms with van der Waals surface area (Å²) in [5.41, 5.74) is 5.28. The molecule has 0 unspecified atom stereocenters. The number of carboxylic acid groups (broad SMARTS) is 1. The summed E-state index contributed by atoms with van der Waals surface area (Å²) in [5.74, 6) is -1.84. The molecule has 0 spiro atoms. The monoisotopic (exact) mass is 325 g/mol. The molecule has 0 atom stereocenters. The molecule has 18 heavy (non-hydrogen) atoms. The highest BCUT2D eigenvalue weighted by Gasteiger charge is 2.33. The number of halogens is 4. The molecule has 3 N–H and O–H groups in total. The van der Waals surface area contributed by atoms with E-state index >= 15 is 0 Å². The van der Waals surface area contributed by atoms with Crippen LogP contribution in [0.4, 0.5) is 18.9 Å². The Bertz CT molecular complexity index is 500. The van der Waals surface area contributed by atoms with E-state index in [1.54, 1.807) is 0 Å². The molecule has 0 aliphatic carbocycles. The number of hydrogen-bond acceptors (Lipinski definition) is 3. The van der Waals surface area contributed by atoms with Crippen molar-refractivity contribution in [2.75, 3.05) is 5.73 Å². The maximum Gasteiger partial charge on any atom is 0.573 e. The van der Waals surface area contributed by atoms with E-state index in [9.17, 15) is 18.0 Å². The first-order valence-electron chi connectivity index (χ1n) is 4.45. The van der Waals surface area contributed by atoms with Gasteiger partial charge in [-0.25, -0.2) is 4.79 Å². The predicted molar refractivity (Wildman–Crippen MR) is 61.9 cm³/mol. The summed E-state index contributed by atoms with van der Waals surface area (Å²) in [6, 6.07) is 2.64.